The van der Waals surface area contributed by atoms with E-state index in [4.69, 9.17) is 0 Å². The van der Waals surface area contributed by atoms with Crippen LogP contribution in [-0.4, -0.2) is 13.2 Å². The average Bonchev–Trinajstić information content (AvgIpc) is 1.79. The van der Waals surface area contributed by atoms with Crippen molar-refractivity contribution in [1.82, 2.24) is 0 Å². The van der Waals surface area contributed by atoms with Gasteiger partial charge in [-0.3, -0.25) is 0 Å². The molecule has 0 aromatic rings. The molecule has 0 aromatic carbocycles. The monoisotopic (exact) mass is 234 g/mol. The van der Waals surface area contributed by atoms with E-state index >= 15 is 0 Å². The molecule has 0 aliphatic heterocycles. The van der Waals surface area contributed by atoms with Crippen molar-refractivity contribution in [1.29, 1.82) is 0 Å². The van der Waals surface area contributed by atoms with Crippen LogP contribution in [-0.2, 0) is 18.2 Å². The van der Waals surface area contributed by atoms with E-state index in [9.17, 15) is 18.9 Å². The summed E-state index contributed by atoms with van der Waals surface area (Å²) in [7, 11) is -6.41. The molecular formula is C2H6Na2O6P2. The maximum absolute atomic E-state index is 9.69. The molecule has 0 fully saturated rings. The van der Waals surface area contributed by atoms with Gasteiger partial charge in [-0.2, -0.15) is 0 Å². The van der Waals surface area contributed by atoms with Crippen LogP contribution >= 0.6 is 16.5 Å². The van der Waals surface area contributed by atoms with Gasteiger partial charge in [-0.05, 0) is 0 Å². The van der Waals surface area contributed by atoms with Crippen molar-refractivity contribution in [3.05, 3.63) is 0 Å². The van der Waals surface area contributed by atoms with E-state index in [0.29, 0.717) is 0 Å². The normalized spacial score (nSPS) is 13.8. The van der Waals surface area contributed by atoms with E-state index in [2.05, 4.69) is 9.05 Å². The van der Waals surface area contributed by atoms with Crippen molar-refractivity contribution in [2.75, 3.05) is 13.2 Å². The Bertz CT molecular complexity index is 126. The zero-order chi connectivity index (χ0) is 7.98. The summed E-state index contributed by atoms with van der Waals surface area (Å²) in [5.74, 6) is 0. The predicted molar refractivity (Wildman–Crippen MR) is 29.9 cm³/mol. The SMILES string of the molecule is O=[PH]([O-])OCCO[PH](=O)[O-].[Na+].[Na+]. The van der Waals surface area contributed by atoms with E-state index in [1.54, 1.807) is 0 Å². The van der Waals surface area contributed by atoms with E-state index < -0.39 is 16.5 Å². The average molecular weight is 234 g/mol. The summed E-state index contributed by atoms with van der Waals surface area (Å²) in [4.78, 5) is 19.4. The fourth-order valence-electron chi connectivity index (χ4n) is 0.250. The molecule has 0 heterocycles. The van der Waals surface area contributed by atoms with E-state index in [-0.39, 0.29) is 72.3 Å². The molecule has 0 spiro atoms. The molecule has 0 amide bonds. The second-order valence-electron chi connectivity index (χ2n) is 1.20. The third-order valence-electron chi connectivity index (χ3n) is 0.523. The number of rotatable bonds is 5. The summed E-state index contributed by atoms with van der Waals surface area (Å²) in [6.07, 6.45) is 0. The molecule has 0 aliphatic rings. The maximum Gasteiger partial charge on any atom is 1.00 e. The van der Waals surface area contributed by atoms with Crippen molar-refractivity contribution in [3.8, 4) is 0 Å². The first-order chi connectivity index (χ1) is 4.63. The molecule has 0 bridgehead atoms. The predicted octanol–water partition coefficient (Wildman–Crippen LogP) is -7.47. The van der Waals surface area contributed by atoms with Gasteiger partial charge in [0.2, 0.25) is 0 Å². The molecule has 0 radical (unpaired) electrons. The van der Waals surface area contributed by atoms with Gasteiger partial charge in [0.15, 0.2) is 0 Å². The second-order valence-corrected chi connectivity index (χ2v) is 2.77. The Balaban J connectivity index is -0.000000405. The van der Waals surface area contributed by atoms with Crippen LogP contribution in [0.25, 0.3) is 0 Å². The van der Waals surface area contributed by atoms with Gasteiger partial charge in [0.1, 0.15) is 16.5 Å². The van der Waals surface area contributed by atoms with E-state index in [1.807, 2.05) is 0 Å². The van der Waals surface area contributed by atoms with Crippen LogP contribution in [0.3, 0.4) is 0 Å². The Labute approximate surface area is 116 Å². The fourth-order valence-corrected chi connectivity index (χ4v) is 0.750. The summed E-state index contributed by atoms with van der Waals surface area (Å²) in [6, 6.07) is 0. The first-order valence-electron chi connectivity index (χ1n) is 2.30. The summed E-state index contributed by atoms with van der Waals surface area (Å²) >= 11 is 0. The van der Waals surface area contributed by atoms with Gasteiger partial charge in [-0.15, -0.1) is 0 Å². The molecule has 10 heteroatoms. The minimum Gasteiger partial charge on any atom is -0.781 e. The Kier molecular flexibility index (Phi) is 22.0. The van der Waals surface area contributed by atoms with Crippen LogP contribution < -0.4 is 68.9 Å². The smallest absolute Gasteiger partial charge is 0.781 e. The molecule has 2 unspecified atom stereocenters. The summed E-state index contributed by atoms with van der Waals surface area (Å²) < 4.78 is 27.4. The van der Waals surface area contributed by atoms with Gasteiger partial charge in [0, 0.05) is 0 Å². The van der Waals surface area contributed by atoms with Crippen LogP contribution in [0.15, 0.2) is 0 Å². The molecule has 0 rings (SSSR count). The first-order valence-corrected chi connectivity index (χ1v) is 4.75. The van der Waals surface area contributed by atoms with Crippen molar-refractivity contribution in [2.24, 2.45) is 0 Å². The molecule has 0 N–H and O–H groups in total. The van der Waals surface area contributed by atoms with Crippen molar-refractivity contribution in [2.45, 2.75) is 0 Å². The minimum atomic E-state index is -3.21. The molecule has 12 heavy (non-hydrogen) atoms. The Morgan fingerprint density at radius 3 is 1.33 bits per heavy atom. The van der Waals surface area contributed by atoms with Crippen LogP contribution in [0.4, 0.5) is 0 Å². The third-order valence-corrected chi connectivity index (χ3v) is 1.40. The molecule has 62 valence electrons. The van der Waals surface area contributed by atoms with Gasteiger partial charge >= 0.3 is 59.1 Å². The zero-order valence-electron chi connectivity index (χ0n) is 6.86. The molecule has 0 aromatic heterocycles. The number of hydrogen-bond acceptors (Lipinski definition) is 6. The molecule has 0 saturated heterocycles. The molecule has 6 nitrogen and oxygen atoms in total. The van der Waals surface area contributed by atoms with Gasteiger partial charge in [0.05, 0.1) is 13.2 Å². The summed E-state index contributed by atoms with van der Waals surface area (Å²) in [5, 5.41) is 0. The van der Waals surface area contributed by atoms with Crippen molar-refractivity contribution < 1.29 is 87.1 Å². The van der Waals surface area contributed by atoms with Gasteiger partial charge in [0.25, 0.3) is 0 Å². The summed E-state index contributed by atoms with van der Waals surface area (Å²) in [5.41, 5.74) is 0. The third kappa shape index (κ3) is 18.2. The van der Waals surface area contributed by atoms with Crippen LogP contribution in [0, 0.1) is 0 Å². The van der Waals surface area contributed by atoms with Gasteiger partial charge in [-0.1, -0.05) is 0 Å². The minimum absolute atomic E-state index is 0. The molecule has 2 atom stereocenters. The zero-order valence-corrected chi connectivity index (χ0v) is 12.9. The number of hydrogen-bond donors (Lipinski definition) is 0. The van der Waals surface area contributed by atoms with Crippen LogP contribution in [0.1, 0.15) is 0 Å². The maximum atomic E-state index is 9.69. The van der Waals surface area contributed by atoms with Crippen molar-refractivity contribution in [3.63, 3.8) is 0 Å². The van der Waals surface area contributed by atoms with Gasteiger partial charge < -0.3 is 28.0 Å². The Morgan fingerprint density at radius 2 is 1.17 bits per heavy atom. The van der Waals surface area contributed by atoms with Crippen LogP contribution in [0.2, 0.25) is 0 Å². The fraction of sp³-hybridized carbons (Fsp3) is 1.00. The Hall–Kier alpha value is 2.30. The van der Waals surface area contributed by atoms with Crippen LogP contribution in [0.5, 0.6) is 0 Å². The Morgan fingerprint density at radius 1 is 0.917 bits per heavy atom. The quantitative estimate of drug-likeness (QED) is 0.266. The first kappa shape index (κ1) is 19.8. The van der Waals surface area contributed by atoms with Crippen molar-refractivity contribution >= 4 is 16.5 Å². The van der Waals surface area contributed by atoms with E-state index in [0.717, 1.165) is 0 Å². The largest absolute Gasteiger partial charge is 1.00 e. The van der Waals surface area contributed by atoms with E-state index in [1.165, 1.54) is 0 Å². The molecule has 0 aliphatic carbocycles. The standard InChI is InChI=1S/C2H8O6P2.2Na/c3-9(4)7-1-2-8-10(5)6;;/h9-10H,1-2H2,(H,3,4)(H,5,6);;/q;2*+1/p-2. The second kappa shape index (κ2) is 13.3. The molecular weight excluding hydrogens is 228 g/mol. The topological polar surface area (TPSA) is 98.7 Å². The summed E-state index contributed by atoms with van der Waals surface area (Å²) in [6.45, 7) is -0.500. The molecule has 0 saturated carbocycles. The van der Waals surface area contributed by atoms with Gasteiger partial charge in [-0.25, -0.2) is 0 Å².